The van der Waals surface area contributed by atoms with Crippen LogP contribution in [0.25, 0.3) is 4.91 Å². The van der Waals surface area contributed by atoms with Crippen molar-refractivity contribution in [3.63, 3.8) is 0 Å². The van der Waals surface area contributed by atoms with Gasteiger partial charge in [-0.1, -0.05) is 43.2 Å². The molecule has 0 spiro atoms. The number of allylic oxidation sites excluding steroid dienone is 8. The first kappa shape index (κ1) is 30.8. The molecule has 1 aromatic carbocycles. The molecule has 0 amide bonds. The standard InChI is InChI=1S/C34H38F4N2OS2/c1-33-25(19-27(43-33)22-11-13-23(14-12-22)41-17-5-16-40)29-28(30(35)31(36)34(29,37)38)24-18-26(42-32(24)33)21-9-7-20(8-10-21)6-3-2-4-15-39/h7,9-14,18-20,30-32H,2-6,8,15-17,39-40H2,1H3. The minimum atomic E-state index is -3.90. The van der Waals surface area contributed by atoms with Crippen molar-refractivity contribution >= 4 is 28.4 Å². The third-order valence-corrected chi connectivity index (χ3v) is 12.2. The maximum absolute atomic E-state index is 15.5. The van der Waals surface area contributed by atoms with Crippen LogP contribution in [0.4, 0.5) is 17.6 Å². The number of benzene rings is 1. The Morgan fingerprint density at radius 3 is 2.44 bits per heavy atom. The Morgan fingerprint density at radius 1 is 0.977 bits per heavy atom. The molecule has 2 aliphatic heterocycles. The summed E-state index contributed by atoms with van der Waals surface area (Å²) in [6.07, 6.45) is 10.9. The van der Waals surface area contributed by atoms with Gasteiger partial charge in [-0.25, -0.2) is 8.78 Å². The first-order valence-corrected chi connectivity index (χ1v) is 16.9. The number of unbranched alkanes of at least 4 members (excludes halogenated alkanes) is 2. The Kier molecular flexibility index (Phi) is 8.81. The van der Waals surface area contributed by atoms with Crippen LogP contribution in [0.15, 0.2) is 87.4 Å². The van der Waals surface area contributed by atoms with E-state index in [2.05, 4.69) is 18.2 Å². The normalized spacial score (nSPS) is 30.6. The average molecular weight is 631 g/mol. The Morgan fingerprint density at radius 2 is 1.74 bits per heavy atom. The molecule has 1 saturated carbocycles. The molecule has 5 aliphatic rings. The Balaban J connectivity index is 1.30. The van der Waals surface area contributed by atoms with Gasteiger partial charge in [0.2, 0.25) is 6.17 Å². The van der Waals surface area contributed by atoms with Gasteiger partial charge in [0.25, 0.3) is 0 Å². The van der Waals surface area contributed by atoms with Crippen LogP contribution in [-0.4, -0.2) is 48.0 Å². The topological polar surface area (TPSA) is 61.3 Å². The Bertz CT molecular complexity index is 1440. The summed E-state index contributed by atoms with van der Waals surface area (Å²) in [5.41, 5.74) is 13.2. The largest absolute Gasteiger partial charge is 0.494 e. The molecule has 0 saturated heterocycles. The zero-order valence-corrected chi connectivity index (χ0v) is 25.9. The minimum absolute atomic E-state index is 0.155. The summed E-state index contributed by atoms with van der Waals surface area (Å²) in [6, 6.07) is 7.49. The van der Waals surface area contributed by atoms with Gasteiger partial charge >= 0.3 is 5.92 Å². The van der Waals surface area contributed by atoms with Crippen LogP contribution in [0.3, 0.4) is 0 Å². The molecular formula is C34H38F4N2OS2. The van der Waals surface area contributed by atoms with E-state index in [-0.39, 0.29) is 10.8 Å². The number of fused-ring (bicyclic) bond motifs is 4. The third-order valence-electron chi connectivity index (χ3n) is 9.02. The van der Waals surface area contributed by atoms with Crippen molar-refractivity contribution in [2.45, 2.75) is 73.7 Å². The lowest BCUT2D eigenvalue weighted by Crippen LogP contribution is -2.39. The quantitative estimate of drug-likeness (QED) is 0.191. The number of alkyl halides is 4. The number of thioether (sulfide) groups is 2. The number of ether oxygens (including phenoxy) is 1. The van der Waals surface area contributed by atoms with E-state index in [1.807, 2.05) is 37.3 Å². The van der Waals surface area contributed by atoms with Gasteiger partial charge in [-0.05, 0) is 98.2 Å². The maximum atomic E-state index is 15.5. The summed E-state index contributed by atoms with van der Waals surface area (Å²) in [5, 5.41) is -0.323. The molecular weight excluding hydrogens is 593 g/mol. The zero-order valence-electron chi connectivity index (χ0n) is 24.3. The van der Waals surface area contributed by atoms with Crippen LogP contribution in [0, 0.1) is 5.92 Å². The van der Waals surface area contributed by atoms with Crippen molar-refractivity contribution < 1.29 is 22.3 Å². The van der Waals surface area contributed by atoms with E-state index in [0.717, 1.165) is 59.5 Å². The molecule has 0 bridgehead atoms. The molecule has 1 fully saturated rings. The summed E-state index contributed by atoms with van der Waals surface area (Å²) in [6.45, 7) is 3.71. The van der Waals surface area contributed by atoms with Crippen LogP contribution >= 0.6 is 23.5 Å². The smallest absolute Gasteiger partial charge is 0.307 e. The second-order valence-corrected chi connectivity index (χ2v) is 14.6. The lowest BCUT2D eigenvalue weighted by atomic mass is 9.78. The lowest BCUT2D eigenvalue weighted by Gasteiger charge is -2.39. The van der Waals surface area contributed by atoms with E-state index in [4.69, 9.17) is 16.2 Å². The molecule has 5 unspecified atom stereocenters. The van der Waals surface area contributed by atoms with E-state index in [9.17, 15) is 4.39 Å². The summed E-state index contributed by atoms with van der Waals surface area (Å²) in [4.78, 5) is 1.73. The Labute approximate surface area is 259 Å². The fraction of sp³-hybridized carbons (Fsp3) is 0.471. The van der Waals surface area contributed by atoms with Crippen molar-refractivity contribution in [1.82, 2.24) is 0 Å². The monoisotopic (exact) mass is 630 g/mol. The van der Waals surface area contributed by atoms with Crippen molar-refractivity contribution in [2.75, 3.05) is 19.7 Å². The average Bonchev–Trinajstić information content (AvgIpc) is 3.65. The molecule has 1 aromatic rings. The molecule has 2 heterocycles. The van der Waals surface area contributed by atoms with Crippen LogP contribution in [0.5, 0.6) is 5.75 Å². The number of hydrogen-bond acceptors (Lipinski definition) is 5. The third kappa shape index (κ3) is 5.49. The number of hydrogen-bond donors (Lipinski definition) is 2. The number of halogens is 4. The van der Waals surface area contributed by atoms with Crippen molar-refractivity contribution in [3.8, 4) is 5.75 Å². The van der Waals surface area contributed by atoms with Gasteiger partial charge in [0, 0.05) is 21.0 Å². The molecule has 0 aromatic heterocycles. The first-order valence-electron chi connectivity index (χ1n) is 15.2. The zero-order chi connectivity index (χ0) is 30.4. The number of nitrogens with two attached hydrogens (primary N) is 2. The van der Waals surface area contributed by atoms with Crippen molar-refractivity contribution in [1.29, 1.82) is 0 Å². The van der Waals surface area contributed by atoms with Gasteiger partial charge < -0.3 is 16.2 Å². The van der Waals surface area contributed by atoms with Gasteiger partial charge in [-0.2, -0.15) is 8.78 Å². The highest BCUT2D eigenvalue weighted by Crippen LogP contribution is 2.67. The van der Waals surface area contributed by atoms with Crippen LogP contribution in [-0.2, 0) is 0 Å². The van der Waals surface area contributed by atoms with Crippen LogP contribution < -0.4 is 16.2 Å². The van der Waals surface area contributed by atoms with Crippen LogP contribution in [0.1, 0.15) is 51.0 Å². The predicted molar refractivity (Wildman–Crippen MR) is 171 cm³/mol. The SMILES string of the molecule is CC12SC(c3ccc(OCCCN)cc3)=CC1=C1C(=C3C=C(C4=CCC(CCCCCN)C=C4)SC32)C(F)C(F)C1(F)F. The molecule has 6 rings (SSSR count). The van der Waals surface area contributed by atoms with Gasteiger partial charge in [0.1, 0.15) is 5.75 Å². The van der Waals surface area contributed by atoms with E-state index in [1.165, 1.54) is 11.8 Å². The van der Waals surface area contributed by atoms with E-state index < -0.39 is 28.6 Å². The molecule has 4 N–H and O–H groups in total. The van der Waals surface area contributed by atoms with Gasteiger partial charge in [-0.15, -0.1) is 23.5 Å². The molecule has 230 valence electrons. The number of rotatable bonds is 11. The molecule has 9 heteroatoms. The highest BCUT2D eigenvalue weighted by atomic mass is 32.2. The molecule has 43 heavy (non-hydrogen) atoms. The second kappa shape index (κ2) is 12.3. The van der Waals surface area contributed by atoms with Gasteiger partial charge in [-0.3, -0.25) is 0 Å². The van der Waals surface area contributed by atoms with Crippen molar-refractivity contribution in [3.05, 3.63) is 93.0 Å². The van der Waals surface area contributed by atoms with Gasteiger partial charge in [0.05, 0.1) is 16.6 Å². The second-order valence-electron chi connectivity index (χ2n) is 12.0. The fourth-order valence-electron chi connectivity index (χ4n) is 6.66. The summed E-state index contributed by atoms with van der Waals surface area (Å²) < 4.78 is 66.4. The predicted octanol–water partition coefficient (Wildman–Crippen LogP) is 8.21. The van der Waals surface area contributed by atoms with E-state index >= 15 is 13.2 Å². The van der Waals surface area contributed by atoms with E-state index in [0.29, 0.717) is 42.5 Å². The first-order chi connectivity index (χ1) is 20.7. The van der Waals surface area contributed by atoms with E-state index in [1.54, 1.807) is 17.8 Å². The Hall–Kier alpha value is -2.20. The summed E-state index contributed by atoms with van der Waals surface area (Å²) >= 11 is 3.08. The highest BCUT2D eigenvalue weighted by Gasteiger charge is 2.65. The summed E-state index contributed by atoms with van der Waals surface area (Å²) in [7, 11) is 0. The maximum Gasteiger partial charge on any atom is 0.307 e. The van der Waals surface area contributed by atoms with Gasteiger partial charge in [0.15, 0.2) is 6.17 Å². The van der Waals surface area contributed by atoms with Crippen LogP contribution in [0.2, 0.25) is 0 Å². The lowest BCUT2D eigenvalue weighted by molar-refractivity contribution is -0.0385. The summed E-state index contributed by atoms with van der Waals surface area (Å²) in [5.74, 6) is -2.74. The van der Waals surface area contributed by atoms with Crippen molar-refractivity contribution in [2.24, 2.45) is 17.4 Å². The molecule has 0 radical (unpaired) electrons. The molecule has 3 nitrogen and oxygen atoms in total. The molecule has 5 atom stereocenters. The molecule has 3 aliphatic carbocycles. The highest BCUT2D eigenvalue weighted by molar-refractivity contribution is 8.12. The fourth-order valence-corrected chi connectivity index (χ4v) is 9.75. The minimum Gasteiger partial charge on any atom is -0.494 e.